The van der Waals surface area contributed by atoms with Crippen molar-refractivity contribution in [1.82, 2.24) is 20.5 Å². The first kappa shape index (κ1) is 14.6. The highest BCUT2D eigenvalue weighted by Crippen LogP contribution is 2.17. The van der Waals surface area contributed by atoms with Gasteiger partial charge in [0.25, 0.3) is 5.91 Å². The second-order valence-corrected chi connectivity index (χ2v) is 5.30. The van der Waals surface area contributed by atoms with Crippen LogP contribution in [0.2, 0.25) is 0 Å². The first-order valence-electron chi connectivity index (χ1n) is 6.27. The van der Waals surface area contributed by atoms with Crippen molar-refractivity contribution in [2.24, 2.45) is 0 Å². The number of rotatable bonds is 6. The summed E-state index contributed by atoms with van der Waals surface area (Å²) in [7, 11) is 0. The Bertz CT molecular complexity index is 382. The molecular formula is C12H22N4O2. The monoisotopic (exact) mass is 254 g/mol. The van der Waals surface area contributed by atoms with E-state index < -0.39 is 0 Å². The fourth-order valence-electron chi connectivity index (χ4n) is 1.39. The SMILES string of the molecule is CC(C)(C)c1nc(C(=O)NCCCCCO)n[nH]1. The molecule has 1 amide bonds. The van der Waals surface area contributed by atoms with Crippen molar-refractivity contribution in [3.8, 4) is 0 Å². The minimum Gasteiger partial charge on any atom is -0.396 e. The lowest BCUT2D eigenvalue weighted by atomic mass is 9.96. The van der Waals surface area contributed by atoms with E-state index in [9.17, 15) is 4.79 Å². The first-order chi connectivity index (χ1) is 8.45. The Hall–Kier alpha value is -1.43. The van der Waals surface area contributed by atoms with Crippen LogP contribution in [0.3, 0.4) is 0 Å². The van der Waals surface area contributed by atoms with E-state index in [0.717, 1.165) is 19.3 Å². The number of nitrogens with one attached hydrogen (secondary N) is 2. The average Bonchev–Trinajstić information content (AvgIpc) is 2.77. The van der Waals surface area contributed by atoms with Gasteiger partial charge in [0.1, 0.15) is 5.82 Å². The summed E-state index contributed by atoms with van der Waals surface area (Å²) in [5.41, 5.74) is -0.146. The molecule has 0 aliphatic rings. The van der Waals surface area contributed by atoms with Crippen molar-refractivity contribution < 1.29 is 9.90 Å². The van der Waals surface area contributed by atoms with Crippen molar-refractivity contribution in [3.63, 3.8) is 0 Å². The molecule has 0 spiro atoms. The van der Waals surface area contributed by atoms with Crippen LogP contribution in [0, 0.1) is 0 Å². The predicted octanol–water partition coefficient (Wildman–Crippen LogP) is 0.995. The smallest absolute Gasteiger partial charge is 0.290 e. The number of aromatic amines is 1. The fourth-order valence-corrected chi connectivity index (χ4v) is 1.39. The van der Waals surface area contributed by atoms with E-state index in [-0.39, 0.29) is 23.8 Å². The molecule has 102 valence electrons. The molecule has 1 aromatic rings. The fraction of sp³-hybridized carbons (Fsp3) is 0.750. The number of unbranched alkanes of at least 4 members (excludes halogenated alkanes) is 2. The summed E-state index contributed by atoms with van der Waals surface area (Å²) in [6, 6.07) is 0. The lowest BCUT2D eigenvalue weighted by Crippen LogP contribution is -2.25. The number of carbonyl (C=O) groups excluding carboxylic acids is 1. The summed E-state index contributed by atoms with van der Waals surface area (Å²) < 4.78 is 0. The maximum absolute atomic E-state index is 11.7. The van der Waals surface area contributed by atoms with Crippen LogP contribution in [-0.2, 0) is 5.41 Å². The largest absolute Gasteiger partial charge is 0.396 e. The third-order valence-electron chi connectivity index (χ3n) is 2.52. The summed E-state index contributed by atoms with van der Waals surface area (Å²) in [6.45, 7) is 6.79. The third-order valence-corrected chi connectivity index (χ3v) is 2.52. The Morgan fingerprint density at radius 1 is 1.33 bits per heavy atom. The van der Waals surface area contributed by atoms with Gasteiger partial charge in [0.2, 0.25) is 5.82 Å². The topological polar surface area (TPSA) is 90.9 Å². The summed E-state index contributed by atoms with van der Waals surface area (Å²) in [6.07, 6.45) is 2.52. The maximum Gasteiger partial charge on any atom is 0.290 e. The Kier molecular flexibility index (Phi) is 5.27. The number of nitrogens with zero attached hydrogens (tertiary/aromatic N) is 2. The summed E-state index contributed by atoms with van der Waals surface area (Å²) in [5.74, 6) is 0.626. The molecule has 1 rings (SSSR count). The molecule has 6 heteroatoms. The molecule has 3 N–H and O–H groups in total. The number of hydrogen-bond acceptors (Lipinski definition) is 4. The quantitative estimate of drug-likeness (QED) is 0.660. The van der Waals surface area contributed by atoms with Crippen LogP contribution in [0.15, 0.2) is 0 Å². The normalized spacial score (nSPS) is 11.6. The van der Waals surface area contributed by atoms with Crippen LogP contribution in [0.25, 0.3) is 0 Å². The predicted molar refractivity (Wildman–Crippen MR) is 68.4 cm³/mol. The van der Waals surface area contributed by atoms with Crippen molar-refractivity contribution in [2.45, 2.75) is 45.4 Å². The summed E-state index contributed by atoms with van der Waals surface area (Å²) >= 11 is 0. The Labute approximate surface area is 107 Å². The van der Waals surface area contributed by atoms with Gasteiger partial charge in [0, 0.05) is 18.6 Å². The van der Waals surface area contributed by atoms with Crippen LogP contribution in [0.4, 0.5) is 0 Å². The van der Waals surface area contributed by atoms with E-state index in [0.29, 0.717) is 12.4 Å². The van der Waals surface area contributed by atoms with Crippen molar-refractivity contribution >= 4 is 5.91 Å². The van der Waals surface area contributed by atoms with Gasteiger partial charge in [-0.15, -0.1) is 5.10 Å². The van der Waals surface area contributed by atoms with E-state index in [1.807, 2.05) is 20.8 Å². The highest BCUT2D eigenvalue weighted by Gasteiger charge is 2.20. The van der Waals surface area contributed by atoms with Gasteiger partial charge in [0.05, 0.1) is 0 Å². The van der Waals surface area contributed by atoms with Crippen LogP contribution in [0.5, 0.6) is 0 Å². The zero-order valence-electron chi connectivity index (χ0n) is 11.3. The van der Waals surface area contributed by atoms with E-state index in [1.165, 1.54) is 0 Å². The first-order valence-corrected chi connectivity index (χ1v) is 6.27. The Balaban J connectivity index is 2.40. The van der Waals surface area contributed by atoms with E-state index in [2.05, 4.69) is 20.5 Å². The zero-order chi connectivity index (χ0) is 13.6. The molecule has 6 nitrogen and oxygen atoms in total. The summed E-state index contributed by atoms with van der Waals surface area (Å²) in [4.78, 5) is 15.9. The van der Waals surface area contributed by atoms with Gasteiger partial charge in [0.15, 0.2) is 0 Å². The molecule has 0 unspecified atom stereocenters. The zero-order valence-corrected chi connectivity index (χ0v) is 11.3. The van der Waals surface area contributed by atoms with Gasteiger partial charge in [-0.25, -0.2) is 4.98 Å². The molecule has 0 bridgehead atoms. The van der Waals surface area contributed by atoms with E-state index in [4.69, 9.17) is 5.11 Å². The van der Waals surface area contributed by atoms with Crippen LogP contribution >= 0.6 is 0 Å². The van der Waals surface area contributed by atoms with Gasteiger partial charge in [-0.3, -0.25) is 9.89 Å². The van der Waals surface area contributed by atoms with Gasteiger partial charge < -0.3 is 10.4 Å². The third kappa shape index (κ3) is 4.44. The number of hydrogen-bond donors (Lipinski definition) is 3. The van der Waals surface area contributed by atoms with Crippen molar-refractivity contribution in [1.29, 1.82) is 0 Å². The molecule has 0 radical (unpaired) electrons. The van der Waals surface area contributed by atoms with Crippen LogP contribution in [0.1, 0.15) is 56.5 Å². The molecule has 0 aliphatic carbocycles. The van der Waals surface area contributed by atoms with Gasteiger partial charge >= 0.3 is 0 Å². The number of aliphatic hydroxyl groups is 1. The number of amides is 1. The highest BCUT2D eigenvalue weighted by atomic mass is 16.2. The van der Waals surface area contributed by atoms with Crippen molar-refractivity contribution in [2.75, 3.05) is 13.2 Å². The molecule has 0 atom stereocenters. The standard InChI is InChI=1S/C12H22N4O2/c1-12(2,3)11-14-9(15-16-11)10(18)13-7-5-4-6-8-17/h17H,4-8H2,1-3H3,(H,13,18)(H,14,15,16). The number of carbonyl (C=O) groups is 1. The average molecular weight is 254 g/mol. The molecule has 0 aromatic carbocycles. The molecule has 18 heavy (non-hydrogen) atoms. The number of aliphatic hydroxyl groups excluding tert-OH is 1. The lowest BCUT2D eigenvalue weighted by molar-refractivity contribution is 0.0943. The highest BCUT2D eigenvalue weighted by molar-refractivity contribution is 5.90. The Morgan fingerprint density at radius 3 is 2.61 bits per heavy atom. The van der Waals surface area contributed by atoms with Crippen LogP contribution < -0.4 is 5.32 Å². The van der Waals surface area contributed by atoms with Gasteiger partial charge in [-0.05, 0) is 19.3 Å². The molecule has 0 saturated carbocycles. The van der Waals surface area contributed by atoms with E-state index >= 15 is 0 Å². The Morgan fingerprint density at radius 2 is 2.06 bits per heavy atom. The van der Waals surface area contributed by atoms with Crippen molar-refractivity contribution in [3.05, 3.63) is 11.6 Å². The molecular weight excluding hydrogens is 232 g/mol. The van der Waals surface area contributed by atoms with Gasteiger partial charge in [-0.1, -0.05) is 20.8 Å². The minimum absolute atomic E-state index is 0.146. The van der Waals surface area contributed by atoms with E-state index in [1.54, 1.807) is 0 Å². The number of H-pyrrole nitrogens is 1. The van der Waals surface area contributed by atoms with Gasteiger partial charge in [-0.2, -0.15) is 0 Å². The lowest BCUT2D eigenvalue weighted by Gasteiger charge is -2.12. The molecule has 0 fully saturated rings. The molecule has 1 aromatic heterocycles. The number of aromatic nitrogens is 3. The summed E-state index contributed by atoms with van der Waals surface area (Å²) in [5, 5.41) is 18.1. The minimum atomic E-state index is -0.259. The second-order valence-electron chi connectivity index (χ2n) is 5.30. The molecule has 1 heterocycles. The molecule has 0 aliphatic heterocycles. The molecule has 0 saturated heterocycles. The van der Waals surface area contributed by atoms with Crippen LogP contribution in [-0.4, -0.2) is 39.3 Å². The second kappa shape index (κ2) is 6.49. The maximum atomic E-state index is 11.7.